The number of halogens is 1. The van der Waals surface area contributed by atoms with Gasteiger partial charge < -0.3 is 10.2 Å². The Labute approximate surface area is 148 Å². The van der Waals surface area contributed by atoms with Gasteiger partial charge in [-0.1, -0.05) is 12.1 Å². The van der Waals surface area contributed by atoms with Crippen molar-refractivity contribution in [2.24, 2.45) is 0 Å². The van der Waals surface area contributed by atoms with Gasteiger partial charge in [-0.3, -0.25) is 9.69 Å². The van der Waals surface area contributed by atoms with Gasteiger partial charge in [0.05, 0.1) is 5.60 Å². The van der Waals surface area contributed by atoms with E-state index in [4.69, 9.17) is 0 Å². The first-order valence-electron chi connectivity index (χ1n) is 8.41. The summed E-state index contributed by atoms with van der Waals surface area (Å²) in [6.45, 7) is 5.45. The van der Waals surface area contributed by atoms with E-state index in [2.05, 4.69) is 11.5 Å². The van der Waals surface area contributed by atoms with Gasteiger partial charge in [-0.05, 0) is 49.1 Å². The van der Waals surface area contributed by atoms with Crippen LogP contribution < -0.4 is 0 Å². The normalized spacial score (nSPS) is 34.7. The zero-order valence-corrected chi connectivity index (χ0v) is 14.5. The summed E-state index contributed by atoms with van der Waals surface area (Å²) in [4.78, 5) is 14.6. The standard InChI is InChI=1S/C19H23NO3.ClH/c1-2-8-20-9-7-18-12-15(22)5-6-19(18,23)17(20)10-13-3-4-14(21)11-16(13)18;/h2-4,11,17,21,23H,1,5-10,12H2;1H/t17-,18-,19-;/m1./s1. The van der Waals surface area contributed by atoms with Crippen molar-refractivity contribution in [3.8, 4) is 5.75 Å². The Bertz CT molecular complexity index is 691. The summed E-state index contributed by atoms with van der Waals surface area (Å²) in [6.07, 6.45) is 4.74. The number of phenols is 1. The van der Waals surface area contributed by atoms with Crippen LogP contribution in [0.3, 0.4) is 0 Å². The maximum atomic E-state index is 12.3. The molecule has 5 heteroatoms. The number of phenolic OH excluding ortho intramolecular Hbond substituents is 1. The van der Waals surface area contributed by atoms with E-state index in [1.807, 2.05) is 12.1 Å². The molecule has 0 unspecified atom stereocenters. The molecule has 1 saturated carbocycles. The molecule has 130 valence electrons. The molecule has 1 heterocycles. The van der Waals surface area contributed by atoms with Crippen molar-refractivity contribution in [3.05, 3.63) is 42.0 Å². The number of rotatable bonds is 2. The van der Waals surface area contributed by atoms with Crippen LogP contribution in [0.1, 0.15) is 36.8 Å². The first kappa shape index (κ1) is 17.5. The largest absolute Gasteiger partial charge is 0.508 e. The van der Waals surface area contributed by atoms with Crippen LogP contribution in [0.15, 0.2) is 30.9 Å². The first-order valence-corrected chi connectivity index (χ1v) is 8.41. The molecule has 0 spiro atoms. The molecule has 4 nitrogen and oxygen atoms in total. The molecule has 1 saturated heterocycles. The van der Waals surface area contributed by atoms with Gasteiger partial charge >= 0.3 is 0 Å². The van der Waals surface area contributed by atoms with Gasteiger partial charge in [0, 0.05) is 30.8 Å². The van der Waals surface area contributed by atoms with Gasteiger partial charge in [0.1, 0.15) is 11.5 Å². The van der Waals surface area contributed by atoms with Gasteiger partial charge in [-0.15, -0.1) is 19.0 Å². The van der Waals surface area contributed by atoms with Gasteiger partial charge in [0.2, 0.25) is 0 Å². The van der Waals surface area contributed by atoms with Crippen molar-refractivity contribution >= 4 is 18.2 Å². The topological polar surface area (TPSA) is 60.8 Å². The van der Waals surface area contributed by atoms with Crippen molar-refractivity contribution in [2.75, 3.05) is 13.1 Å². The number of nitrogens with zero attached hydrogens (tertiary/aromatic N) is 1. The maximum absolute atomic E-state index is 12.3. The highest BCUT2D eigenvalue weighted by molar-refractivity contribution is 5.85. The minimum atomic E-state index is -0.900. The number of fused-ring (bicyclic) bond motifs is 1. The molecule has 4 rings (SSSR count). The number of carbonyl (C=O) groups excluding carboxylic acids is 1. The number of aliphatic hydroxyl groups is 1. The molecule has 3 aliphatic rings. The fourth-order valence-electron chi connectivity index (χ4n) is 5.27. The number of likely N-dealkylation sites (tertiary alicyclic amines) is 1. The van der Waals surface area contributed by atoms with Crippen LogP contribution in [0.4, 0.5) is 0 Å². The number of carbonyl (C=O) groups is 1. The molecule has 2 fully saturated rings. The van der Waals surface area contributed by atoms with Crippen molar-refractivity contribution in [1.29, 1.82) is 0 Å². The molecule has 1 aliphatic heterocycles. The lowest BCUT2D eigenvalue weighted by Gasteiger charge is -2.63. The highest BCUT2D eigenvalue weighted by Gasteiger charge is 2.64. The predicted octanol–water partition coefficient (Wildman–Crippen LogP) is 2.35. The van der Waals surface area contributed by atoms with Crippen molar-refractivity contribution in [2.45, 2.75) is 49.2 Å². The number of ketones is 1. The van der Waals surface area contributed by atoms with Crippen LogP contribution in [0.2, 0.25) is 0 Å². The summed E-state index contributed by atoms with van der Waals surface area (Å²) in [6, 6.07) is 5.45. The highest BCUT2D eigenvalue weighted by atomic mass is 35.5. The third kappa shape index (κ3) is 2.17. The van der Waals surface area contributed by atoms with Crippen LogP contribution in [-0.2, 0) is 16.6 Å². The van der Waals surface area contributed by atoms with Crippen molar-refractivity contribution in [1.82, 2.24) is 4.90 Å². The molecule has 1 aromatic rings. The molecule has 0 radical (unpaired) electrons. The van der Waals surface area contributed by atoms with E-state index in [0.29, 0.717) is 19.3 Å². The summed E-state index contributed by atoms with van der Waals surface area (Å²) in [5.74, 6) is 0.437. The molecule has 2 N–H and O–H groups in total. The van der Waals surface area contributed by atoms with Crippen LogP contribution >= 0.6 is 12.4 Å². The minimum Gasteiger partial charge on any atom is -0.508 e. The predicted molar refractivity (Wildman–Crippen MR) is 94.7 cm³/mol. The molecule has 2 bridgehead atoms. The second kappa shape index (κ2) is 5.87. The molecule has 1 aromatic carbocycles. The minimum absolute atomic E-state index is 0. The summed E-state index contributed by atoms with van der Waals surface area (Å²) in [7, 11) is 0. The van der Waals surface area contributed by atoms with Crippen molar-refractivity contribution < 1.29 is 15.0 Å². The smallest absolute Gasteiger partial charge is 0.134 e. The zero-order chi connectivity index (χ0) is 16.2. The number of piperidine rings is 1. The summed E-state index contributed by atoms with van der Waals surface area (Å²) >= 11 is 0. The van der Waals surface area contributed by atoms with Gasteiger partial charge in [0.25, 0.3) is 0 Å². The Morgan fingerprint density at radius 1 is 1.38 bits per heavy atom. The highest BCUT2D eigenvalue weighted by Crippen LogP contribution is 2.57. The quantitative estimate of drug-likeness (QED) is 0.805. The summed E-state index contributed by atoms with van der Waals surface area (Å²) < 4.78 is 0. The lowest BCUT2D eigenvalue weighted by Crippen LogP contribution is -2.73. The van der Waals surface area contributed by atoms with Crippen LogP contribution in [0, 0.1) is 0 Å². The number of aromatic hydroxyl groups is 1. The van der Waals surface area contributed by atoms with Gasteiger partial charge in [-0.25, -0.2) is 0 Å². The van der Waals surface area contributed by atoms with Crippen molar-refractivity contribution in [3.63, 3.8) is 0 Å². The molecule has 0 amide bonds. The fourth-order valence-corrected chi connectivity index (χ4v) is 5.27. The first-order chi connectivity index (χ1) is 11.0. The number of Topliss-reactive ketones (excluding diaryl/α,β-unsaturated/α-hetero) is 1. The fraction of sp³-hybridized carbons (Fsp3) is 0.526. The van der Waals surface area contributed by atoms with Crippen LogP contribution in [0.5, 0.6) is 5.75 Å². The second-order valence-electron chi connectivity index (χ2n) is 7.32. The lowest BCUT2D eigenvalue weighted by molar-refractivity contribution is -0.170. The third-order valence-corrected chi connectivity index (χ3v) is 6.32. The average molecular weight is 350 g/mol. The summed E-state index contributed by atoms with van der Waals surface area (Å²) in [5, 5.41) is 21.7. The monoisotopic (exact) mass is 349 g/mol. The van der Waals surface area contributed by atoms with E-state index < -0.39 is 11.0 Å². The van der Waals surface area contributed by atoms with Gasteiger partial charge in [-0.2, -0.15) is 0 Å². The second-order valence-corrected chi connectivity index (χ2v) is 7.32. The van der Waals surface area contributed by atoms with Gasteiger partial charge in [0.15, 0.2) is 0 Å². The zero-order valence-electron chi connectivity index (χ0n) is 13.7. The molecule has 0 aromatic heterocycles. The van der Waals surface area contributed by atoms with E-state index in [1.54, 1.807) is 12.1 Å². The number of hydrogen-bond acceptors (Lipinski definition) is 4. The molecular formula is C19H24ClNO3. The Hall–Kier alpha value is -1.36. The van der Waals surface area contributed by atoms with E-state index in [-0.39, 0.29) is 30.0 Å². The number of benzene rings is 1. The molecule has 3 atom stereocenters. The Morgan fingerprint density at radius 3 is 2.92 bits per heavy atom. The Morgan fingerprint density at radius 2 is 2.17 bits per heavy atom. The van der Waals surface area contributed by atoms with Crippen LogP contribution in [-0.4, -0.2) is 45.6 Å². The molecule has 24 heavy (non-hydrogen) atoms. The van der Waals surface area contributed by atoms with E-state index >= 15 is 0 Å². The third-order valence-electron chi connectivity index (χ3n) is 6.32. The summed E-state index contributed by atoms with van der Waals surface area (Å²) in [5.41, 5.74) is 0.698. The van der Waals surface area contributed by atoms with E-state index in [0.717, 1.165) is 37.1 Å². The molecular weight excluding hydrogens is 326 g/mol. The molecule has 2 aliphatic carbocycles. The Kier molecular flexibility index (Phi) is 4.27. The SMILES string of the molecule is C=CCN1CC[C@]23CC(=O)CC[C@@]2(O)[C@H]1Cc1ccc(O)cc13.Cl. The maximum Gasteiger partial charge on any atom is 0.134 e. The number of hydrogen-bond donors (Lipinski definition) is 2. The van der Waals surface area contributed by atoms with Crippen LogP contribution in [0.25, 0.3) is 0 Å². The Balaban J connectivity index is 0.00000169. The lowest BCUT2D eigenvalue weighted by atomic mass is 9.49. The average Bonchev–Trinajstić information content (AvgIpc) is 2.52. The van der Waals surface area contributed by atoms with E-state index in [1.165, 1.54) is 0 Å². The van der Waals surface area contributed by atoms with E-state index in [9.17, 15) is 15.0 Å².